The average Bonchev–Trinajstić information content (AvgIpc) is 3.47. The summed E-state index contributed by atoms with van der Waals surface area (Å²) in [5.41, 5.74) is 2.69. The van der Waals surface area contributed by atoms with Crippen molar-refractivity contribution in [3.05, 3.63) is 41.0 Å². The standard InChI is InChI=1S/C31H40O6.2CH4.H2S/c1-29-18-23(20-5-7-21(8-6-20)37-27-4-2-3-15-34-27)28-22(24(29)9-10-26(29)32)11-13-30(33)19-31(14-12-25(28)30)35-16-17-36-31;;;/h5-8,22-24,27,33H,2-4,9-19H2,1H3;2*1H4;1H2/t22?,23-,24?,27?,29+,30-;;;/m1.../s1. The first-order valence-electron chi connectivity index (χ1n) is 14.5. The summed E-state index contributed by atoms with van der Waals surface area (Å²) >= 11 is 0. The third-order valence-corrected chi connectivity index (χ3v) is 10.6. The van der Waals surface area contributed by atoms with Crippen molar-refractivity contribution in [1.82, 2.24) is 0 Å². The zero-order valence-electron chi connectivity index (χ0n) is 22.5. The number of fused-ring (bicyclic) bond motifs is 4. The molecule has 224 valence electrons. The number of allylic oxidation sites excluding steroid dienone is 1. The SMILES string of the molecule is C.C.C[C@]12C[C@H](c3ccc(OC4CCCCO4)cc3)C3=C4CCC5(C[C@]4(O)CCC3C1CCC2=O)OCCO5.S. The number of Topliss-reactive ketones (excluding diaryl/α,β-unsaturated/α-hetero) is 1. The molecule has 7 rings (SSSR count). The van der Waals surface area contributed by atoms with E-state index < -0.39 is 11.4 Å². The van der Waals surface area contributed by atoms with E-state index in [1.165, 1.54) is 16.7 Å². The Labute approximate surface area is 247 Å². The van der Waals surface area contributed by atoms with Crippen LogP contribution in [-0.2, 0) is 19.0 Å². The summed E-state index contributed by atoms with van der Waals surface area (Å²) in [5.74, 6) is 1.50. The Morgan fingerprint density at radius 2 is 1.70 bits per heavy atom. The van der Waals surface area contributed by atoms with Gasteiger partial charge >= 0.3 is 0 Å². The van der Waals surface area contributed by atoms with Gasteiger partial charge in [0, 0.05) is 37.0 Å². The van der Waals surface area contributed by atoms with Crippen LogP contribution in [-0.4, -0.2) is 48.4 Å². The van der Waals surface area contributed by atoms with Crippen molar-refractivity contribution < 1.29 is 28.8 Å². The molecule has 2 saturated heterocycles. The van der Waals surface area contributed by atoms with Crippen molar-refractivity contribution in [3.63, 3.8) is 0 Å². The highest BCUT2D eigenvalue weighted by Gasteiger charge is 2.60. The number of aliphatic hydroxyl groups is 1. The summed E-state index contributed by atoms with van der Waals surface area (Å²) in [4.78, 5) is 13.2. The fourth-order valence-electron chi connectivity index (χ4n) is 8.82. The maximum atomic E-state index is 13.2. The Bertz CT molecular complexity index is 1090. The van der Waals surface area contributed by atoms with Gasteiger partial charge in [-0.3, -0.25) is 4.79 Å². The highest BCUT2D eigenvalue weighted by molar-refractivity contribution is 7.59. The summed E-state index contributed by atoms with van der Waals surface area (Å²) < 4.78 is 24.0. The molecule has 6 atom stereocenters. The molecular weight excluding hydrogens is 524 g/mol. The second-order valence-corrected chi connectivity index (χ2v) is 12.6. The van der Waals surface area contributed by atoms with E-state index >= 15 is 0 Å². The molecule has 4 aliphatic carbocycles. The molecule has 0 radical (unpaired) electrons. The molecule has 1 N–H and O–H groups in total. The molecule has 6 nitrogen and oxygen atoms in total. The maximum absolute atomic E-state index is 13.2. The van der Waals surface area contributed by atoms with E-state index in [0.717, 1.165) is 70.1 Å². The van der Waals surface area contributed by atoms with Gasteiger partial charge in [0.1, 0.15) is 11.5 Å². The Balaban J connectivity index is 0.00000123. The number of carbonyl (C=O) groups excluding carboxylic acids is 1. The quantitative estimate of drug-likeness (QED) is 0.400. The van der Waals surface area contributed by atoms with Crippen LogP contribution in [0.4, 0.5) is 0 Å². The van der Waals surface area contributed by atoms with Crippen LogP contribution in [0.2, 0.25) is 0 Å². The Kier molecular flexibility index (Phi) is 9.24. The minimum atomic E-state index is -0.885. The topological polar surface area (TPSA) is 74.2 Å². The summed E-state index contributed by atoms with van der Waals surface area (Å²) in [5, 5.41) is 12.1. The Hall–Kier alpha value is -1.38. The van der Waals surface area contributed by atoms with Crippen LogP contribution < -0.4 is 4.74 Å². The molecular formula is C33H50O6S. The first-order valence-corrected chi connectivity index (χ1v) is 14.5. The maximum Gasteiger partial charge on any atom is 0.199 e. The molecule has 40 heavy (non-hydrogen) atoms. The van der Waals surface area contributed by atoms with Gasteiger partial charge in [0.25, 0.3) is 0 Å². The predicted octanol–water partition coefficient (Wildman–Crippen LogP) is 6.81. The highest BCUT2D eigenvalue weighted by atomic mass is 32.1. The van der Waals surface area contributed by atoms with Crippen LogP contribution in [0.25, 0.3) is 0 Å². The molecule has 0 bridgehead atoms. The molecule has 2 heterocycles. The molecule has 1 spiro atoms. The normalized spacial score (nSPS) is 37.8. The molecule has 3 unspecified atom stereocenters. The van der Waals surface area contributed by atoms with E-state index in [0.29, 0.717) is 43.7 Å². The van der Waals surface area contributed by atoms with Crippen molar-refractivity contribution in [2.24, 2.45) is 17.3 Å². The van der Waals surface area contributed by atoms with Crippen LogP contribution in [0, 0.1) is 17.3 Å². The fourth-order valence-corrected chi connectivity index (χ4v) is 8.82. The third kappa shape index (κ3) is 5.08. The fraction of sp³-hybridized carbons (Fsp3) is 0.727. The lowest BCUT2D eigenvalue weighted by molar-refractivity contribution is -0.208. The summed E-state index contributed by atoms with van der Waals surface area (Å²) in [6, 6.07) is 8.47. The van der Waals surface area contributed by atoms with Gasteiger partial charge in [-0.15, -0.1) is 0 Å². The van der Waals surface area contributed by atoms with Gasteiger partial charge in [-0.2, -0.15) is 13.5 Å². The van der Waals surface area contributed by atoms with Crippen molar-refractivity contribution in [2.75, 3.05) is 19.8 Å². The highest BCUT2D eigenvalue weighted by Crippen LogP contribution is 2.64. The van der Waals surface area contributed by atoms with Crippen LogP contribution in [0.5, 0.6) is 5.75 Å². The molecule has 7 heteroatoms. The minimum Gasteiger partial charge on any atom is -0.465 e. The van der Waals surface area contributed by atoms with E-state index in [9.17, 15) is 9.90 Å². The van der Waals surface area contributed by atoms with E-state index in [-0.39, 0.29) is 46.0 Å². The smallest absolute Gasteiger partial charge is 0.199 e. The lowest BCUT2D eigenvalue weighted by Crippen LogP contribution is -2.53. The van der Waals surface area contributed by atoms with Crippen molar-refractivity contribution in [1.29, 1.82) is 0 Å². The first kappa shape index (κ1) is 31.6. The second kappa shape index (κ2) is 11.7. The average molecular weight is 575 g/mol. The Morgan fingerprint density at radius 1 is 0.950 bits per heavy atom. The van der Waals surface area contributed by atoms with Crippen LogP contribution >= 0.6 is 13.5 Å². The van der Waals surface area contributed by atoms with E-state index in [4.69, 9.17) is 18.9 Å². The molecule has 1 aromatic carbocycles. The monoisotopic (exact) mass is 574 g/mol. The number of carbonyl (C=O) groups is 1. The van der Waals surface area contributed by atoms with Crippen LogP contribution in [0.15, 0.2) is 35.4 Å². The van der Waals surface area contributed by atoms with E-state index in [1.807, 2.05) is 0 Å². The summed E-state index contributed by atoms with van der Waals surface area (Å²) in [6.45, 7) is 4.19. The number of ether oxygens (including phenoxy) is 4. The number of benzene rings is 1. The number of rotatable bonds is 3. The van der Waals surface area contributed by atoms with Gasteiger partial charge in [-0.05, 0) is 80.1 Å². The number of ketones is 1. The molecule has 0 aromatic heterocycles. The van der Waals surface area contributed by atoms with E-state index in [1.54, 1.807) is 0 Å². The van der Waals surface area contributed by atoms with Gasteiger partial charge < -0.3 is 24.1 Å². The van der Waals surface area contributed by atoms with Crippen molar-refractivity contribution >= 4 is 19.3 Å². The number of hydrogen-bond acceptors (Lipinski definition) is 6. The van der Waals surface area contributed by atoms with Gasteiger partial charge in [0.2, 0.25) is 0 Å². The van der Waals surface area contributed by atoms with Crippen molar-refractivity contribution in [3.8, 4) is 5.75 Å². The summed E-state index contributed by atoms with van der Waals surface area (Å²) in [6.07, 6.45) is 9.27. The van der Waals surface area contributed by atoms with Gasteiger partial charge in [0.05, 0.1) is 25.4 Å². The zero-order valence-corrected chi connectivity index (χ0v) is 23.5. The number of hydrogen-bond donors (Lipinski definition) is 1. The zero-order chi connectivity index (χ0) is 25.3. The van der Waals surface area contributed by atoms with Crippen LogP contribution in [0.1, 0.15) is 104 Å². The third-order valence-electron chi connectivity index (χ3n) is 10.6. The van der Waals surface area contributed by atoms with Crippen molar-refractivity contribution in [2.45, 2.75) is 116 Å². The largest absolute Gasteiger partial charge is 0.465 e. The molecule has 2 aliphatic heterocycles. The molecule has 0 amide bonds. The van der Waals surface area contributed by atoms with Gasteiger partial charge in [-0.25, -0.2) is 0 Å². The molecule has 6 aliphatic rings. The first-order chi connectivity index (χ1) is 17.9. The van der Waals surface area contributed by atoms with Gasteiger partial charge in [0.15, 0.2) is 12.1 Å². The summed E-state index contributed by atoms with van der Waals surface area (Å²) in [7, 11) is 0. The lowest BCUT2D eigenvalue weighted by atomic mass is 9.51. The minimum absolute atomic E-state index is 0. The Morgan fingerprint density at radius 3 is 2.40 bits per heavy atom. The molecule has 1 aromatic rings. The second-order valence-electron chi connectivity index (χ2n) is 12.6. The van der Waals surface area contributed by atoms with Gasteiger partial charge in [-0.1, -0.05) is 39.5 Å². The molecule has 3 saturated carbocycles. The lowest BCUT2D eigenvalue weighted by Gasteiger charge is -2.55. The predicted molar refractivity (Wildman–Crippen MR) is 161 cm³/mol. The van der Waals surface area contributed by atoms with E-state index in [2.05, 4.69) is 31.2 Å². The van der Waals surface area contributed by atoms with Crippen LogP contribution in [0.3, 0.4) is 0 Å². The molecule has 5 fully saturated rings.